The van der Waals surface area contributed by atoms with Crippen molar-refractivity contribution in [3.8, 4) is 22.8 Å². The molecule has 31 heavy (non-hydrogen) atoms. The molecule has 0 amide bonds. The summed E-state index contributed by atoms with van der Waals surface area (Å²) in [5.74, 6) is 0.605. The molecule has 2 aliphatic rings. The number of phenols is 1. The zero-order valence-corrected chi connectivity index (χ0v) is 17.3. The predicted octanol–water partition coefficient (Wildman–Crippen LogP) is 3.56. The number of fused-ring (bicyclic) bond motifs is 2. The molecule has 0 spiro atoms. The molecule has 7 nitrogen and oxygen atoms in total. The Labute approximate surface area is 180 Å². The van der Waals surface area contributed by atoms with Gasteiger partial charge in [-0.15, -0.1) is 10.2 Å². The number of allylic oxidation sites excluding steroid dienone is 1. The number of halogens is 1. The van der Waals surface area contributed by atoms with Crippen LogP contribution in [0.3, 0.4) is 0 Å². The molecular weight excluding hydrogens is 395 g/mol. The molecule has 5 atom stereocenters. The van der Waals surface area contributed by atoms with Crippen LogP contribution in [0.15, 0.2) is 49.7 Å². The summed E-state index contributed by atoms with van der Waals surface area (Å²) in [7, 11) is 0. The number of imidazole rings is 1. The summed E-state index contributed by atoms with van der Waals surface area (Å²) in [6, 6.07) is 5.39. The zero-order chi connectivity index (χ0) is 21.5. The van der Waals surface area contributed by atoms with Crippen LogP contribution in [0.5, 0.6) is 5.75 Å². The van der Waals surface area contributed by atoms with Gasteiger partial charge in [0.25, 0.3) is 0 Å². The van der Waals surface area contributed by atoms with Crippen molar-refractivity contribution in [2.75, 3.05) is 0 Å². The largest absolute Gasteiger partial charge is 0.507 e. The maximum Gasteiger partial charge on any atom is 0.185 e. The molecule has 2 unspecified atom stereocenters. The Balaban J connectivity index is 1.35. The highest BCUT2D eigenvalue weighted by molar-refractivity contribution is 5.67. The fraction of sp³-hybridized carbons (Fsp3) is 0.391. The predicted molar refractivity (Wildman–Crippen MR) is 115 cm³/mol. The second-order valence-corrected chi connectivity index (χ2v) is 8.70. The monoisotopic (exact) mass is 420 g/mol. The average molecular weight is 420 g/mol. The second kappa shape index (κ2) is 7.85. The number of phenolic OH excluding ortho intramolecular Hbond substituents is 1. The van der Waals surface area contributed by atoms with Crippen LogP contribution >= 0.6 is 0 Å². The Morgan fingerprint density at radius 3 is 2.84 bits per heavy atom. The molecule has 2 N–H and O–H groups in total. The van der Waals surface area contributed by atoms with Crippen molar-refractivity contribution in [2.24, 2.45) is 11.8 Å². The maximum absolute atomic E-state index is 15.1. The third kappa shape index (κ3) is 3.72. The number of rotatable bonds is 4. The van der Waals surface area contributed by atoms with Gasteiger partial charge < -0.3 is 15.0 Å². The summed E-state index contributed by atoms with van der Waals surface area (Å²) in [6.45, 7) is 6.33. The molecule has 2 bridgehead atoms. The van der Waals surface area contributed by atoms with Gasteiger partial charge in [0.2, 0.25) is 0 Å². The van der Waals surface area contributed by atoms with E-state index in [1.165, 1.54) is 0 Å². The SMILES string of the molecule is C=C(c1cnc(-c2ccc(-n3ccnc3)cc2O)nn1)[C@H]1CC2C[C@@H](C)CC(N2)[C@@H]1F. The molecule has 5 rings (SSSR count). The van der Waals surface area contributed by atoms with Crippen LogP contribution in [0.2, 0.25) is 0 Å². The van der Waals surface area contributed by atoms with Crippen LogP contribution < -0.4 is 5.32 Å². The van der Waals surface area contributed by atoms with Crippen molar-refractivity contribution >= 4 is 5.57 Å². The van der Waals surface area contributed by atoms with Gasteiger partial charge in [0.15, 0.2) is 5.82 Å². The van der Waals surface area contributed by atoms with E-state index in [0.717, 1.165) is 18.5 Å². The van der Waals surface area contributed by atoms with E-state index < -0.39 is 6.17 Å². The minimum Gasteiger partial charge on any atom is -0.507 e. The van der Waals surface area contributed by atoms with Gasteiger partial charge in [-0.3, -0.25) is 0 Å². The van der Waals surface area contributed by atoms with Gasteiger partial charge in [-0.1, -0.05) is 13.5 Å². The summed E-state index contributed by atoms with van der Waals surface area (Å²) in [4.78, 5) is 8.38. The highest BCUT2D eigenvalue weighted by Crippen LogP contribution is 2.40. The molecule has 1 aromatic carbocycles. The fourth-order valence-corrected chi connectivity index (χ4v) is 4.91. The summed E-state index contributed by atoms with van der Waals surface area (Å²) in [5.41, 5.74) is 2.39. The van der Waals surface area contributed by atoms with Gasteiger partial charge in [-0.2, -0.15) is 0 Å². The lowest BCUT2D eigenvalue weighted by Crippen LogP contribution is -2.57. The van der Waals surface area contributed by atoms with Crippen LogP contribution in [0.25, 0.3) is 22.6 Å². The van der Waals surface area contributed by atoms with Crippen molar-refractivity contribution in [1.29, 1.82) is 0 Å². The highest BCUT2D eigenvalue weighted by atomic mass is 19.1. The van der Waals surface area contributed by atoms with E-state index in [-0.39, 0.29) is 17.7 Å². The first kappa shape index (κ1) is 19.8. The minimum absolute atomic E-state index is 0.0451. The van der Waals surface area contributed by atoms with Crippen LogP contribution in [0.1, 0.15) is 31.9 Å². The molecule has 2 aliphatic heterocycles. The maximum atomic E-state index is 15.1. The lowest BCUT2D eigenvalue weighted by atomic mass is 9.72. The number of aromatic nitrogens is 5. The number of alkyl halides is 1. The molecule has 0 saturated carbocycles. The molecule has 160 valence electrons. The van der Waals surface area contributed by atoms with Crippen LogP contribution in [0.4, 0.5) is 4.39 Å². The third-order valence-corrected chi connectivity index (χ3v) is 6.46. The third-order valence-electron chi connectivity index (χ3n) is 6.46. The van der Waals surface area contributed by atoms with Crippen LogP contribution in [-0.2, 0) is 0 Å². The molecule has 2 saturated heterocycles. The van der Waals surface area contributed by atoms with Gasteiger partial charge in [0.05, 0.1) is 23.8 Å². The van der Waals surface area contributed by atoms with E-state index in [9.17, 15) is 5.11 Å². The molecule has 4 heterocycles. The van der Waals surface area contributed by atoms with Crippen molar-refractivity contribution in [3.05, 3.63) is 55.4 Å². The first-order valence-electron chi connectivity index (χ1n) is 10.6. The van der Waals surface area contributed by atoms with E-state index in [2.05, 4.69) is 39.0 Å². The van der Waals surface area contributed by atoms with Gasteiger partial charge in [-0.05, 0) is 42.9 Å². The molecule has 2 fully saturated rings. The Hall–Kier alpha value is -3.13. The van der Waals surface area contributed by atoms with E-state index in [1.54, 1.807) is 41.6 Å². The normalized spacial score (nSPS) is 27.7. The summed E-state index contributed by atoms with van der Waals surface area (Å²) >= 11 is 0. The van der Waals surface area contributed by atoms with Gasteiger partial charge in [0.1, 0.15) is 17.6 Å². The number of aromatic hydroxyl groups is 1. The number of hydrogen-bond acceptors (Lipinski definition) is 6. The number of benzene rings is 1. The molecule has 8 heteroatoms. The number of nitrogens with zero attached hydrogens (tertiary/aromatic N) is 5. The number of piperidine rings is 2. The van der Waals surface area contributed by atoms with E-state index in [1.807, 2.05) is 6.07 Å². The minimum atomic E-state index is -0.993. The van der Waals surface area contributed by atoms with Gasteiger partial charge >= 0.3 is 0 Å². The lowest BCUT2D eigenvalue weighted by molar-refractivity contribution is 0.0773. The van der Waals surface area contributed by atoms with E-state index in [4.69, 9.17) is 0 Å². The van der Waals surface area contributed by atoms with E-state index >= 15 is 4.39 Å². The molecule has 0 aliphatic carbocycles. The van der Waals surface area contributed by atoms with Crippen LogP contribution in [-0.4, -0.2) is 48.1 Å². The lowest BCUT2D eigenvalue weighted by Gasteiger charge is -2.45. The summed E-state index contributed by atoms with van der Waals surface area (Å²) in [5, 5.41) is 22.3. The molecule has 2 aromatic heterocycles. The Kier molecular flexibility index (Phi) is 5.02. The van der Waals surface area contributed by atoms with Crippen molar-refractivity contribution < 1.29 is 9.50 Å². The van der Waals surface area contributed by atoms with Crippen molar-refractivity contribution in [2.45, 2.75) is 44.4 Å². The Bertz CT molecular complexity index is 1080. The highest BCUT2D eigenvalue weighted by Gasteiger charge is 2.43. The molecule has 0 radical (unpaired) electrons. The number of nitrogens with one attached hydrogen (secondary N) is 1. The summed E-state index contributed by atoms with van der Waals surface area (Å²) in [6.07, 6.45) is 8.31. The quantitative estimate of drug-likeness (QED) is 0.671. The van der Waals surface area contributed by atoms with Crippen LogP contribution in [0, 0.1) is 11.8 Å². The first-order valence-corrected chi connectivity index (χ1v) is 10.6. The van der Waals surface area contributed by atoms with E-state index in [0.29, 0.717) is 41.0 Å². The zero-order valence-electron chi connectivity index (χ0n) is 17.3. The fourth-order valence-electron chi connectivity index (χ4n) is 4.91. The van der Waals surface area contributed by atoms with Gasteiger partial charge in [-0.25, -0.2) is 14.4 Å². The summed E-state index contributed by atoms with van der Waals surface area (Å²) < 4.78 is 16.9. The average Bonchev–Trinajstić information content (AvgIpc) is 3.31. The smallest absolute Gasteiger partial charge is 0.185 e. The molecular formula is C23H25FN6O. The standard InChI is InChI=1S/C23H25FN6O/c1-13-7-15-9-18(22(24)19(8-13)27-15)14(2)20-11-26-23(29-28-20)17-4-3-16(10-21(17)31)30-6-5-25-12-30/h3-6,10-13,15,18-19,22,27,31H,2,7-9H2,1H3/t13-,15?,18-,19?,22-/m1/s1. The molecule has 3 aromatic rings. The first-order chi connectivity index (χ1) is 15.0. The second-order valence-electron chi connectivity index (χ2n) is 8.70. The van der Waals surface area contributed by atoms with Crippen molar-refractivity contribution in [3.63, 3.8) is 0 Å². The van der Waals surface area contributed by atoms with Gasteiger partial charge in [0, 0.05) is 36.5 Å². The Morgan fingerprint density at radius 2 is 2.13 bits per heavy atom. The number of hydrogen-bond donors (Lipinski definition) is 2. The topological polar surface area (TPSA) is 88.8 Å². The van der Waals surface area contributed by atoms with Crippen molar-refractivity contribution in [1.82, 2.24) is 30.0 Å². The Morgan fingerprint density at radius 1 is 1.26 bits per heavy atom.